The number of rotatable bonds is 11. The number of benzene rings is 6. The Balaban J connectivity index is 0.000000155. The number of nitrogens with one attached hydrogen (secondary N) is 3. The largest absolute Gasteiger partial charge is 0.342 e. The van der Waals surface area contributed by atoms with E-state index >= 15 is 0 Å². The molecule has 7 heterocycles. The second-order valence-corrected chi connectivity index (χ2v) is 20.0. The molecule has 2 aliphatic heterocycles. The molecule has 0 spiro atoms. The Bertz CT molecular complexity index is 3820. The van der Waals surface area contributed by atoms with Gasteiger partial charge in [0.25, 0.3) is 0 Å². The number of fused-ring (bicyclic) bond motifs is 2. The monoisotopic (exact) mass is 1020 g/mol. The van der Waals surface area contributed by atoms with Crippen LogP contribution in [-0.2, 0) is 13.1 Å². The molecule has 2 aliphatic rings. The molecule has 5 aromatic heterocycles. The van der Waals surface area contributed by atoms with E-state index in [1.165, 1.54) is 35.4 Å². The number of aromatic nitrogens is 9. The molecule has 0 saturated carbocycles. The Hall–Kier alpha value is -9.03. The lowest BCUT2D eigenvalue weighted by Gasteiger charge is -2.31. The molecule has 2 fully saturated rings. The Morgan fingerprint density at radius 1 is 0.506 bits per heavy atom. The average Bonchev–Trinajstić information content (AvgIpc) is 4.29. The molecule has 13 rings (SSSR count). The van der Waals surface area contributed by atoms with Crippen molar-refractivity contribution in [2.75, 3.05) is 26.2 Å². The maximum absolute atomic E-state index is 13.6. The molecule has 0 aliphatic carbocycles. The minimum Gasteiger partial charge on any atom is -0.342 e. The molecule has 3 N–H and O–H groups in total. The number of hydrogen-bond acceptors (Lipinski definition) is 8. The Labute approximate surface area is 444 Å². The predicted octanol–water partition coefficient (Wildman–Crippen LogP) is 14.0. The molecule has 0 amide bonds. The lowest BCUT2D eigenvalue weighted by Crippen LogP contribution is -2.32. The minimum atomic E-state index is -0.240. The third kappa shape index (κ3) is 11.0. The first-order valence-corrected chi connectivity index (χ1v) is 26.1. The highest BCUT2D eigenvalue weighted by Gasteiger charge is 2.25. The summed E-state index contributed by atoms with van der Waals surface area (Å²) in [5, 5.41) is 10.9. The molecule has 0 radical (unpaired) electrons. The van der Waals surface area contributed by atoms with Crippen LogP contribution in [0.5, 0.6) is 0 Å². The summed E-state index contributed by atoms with van der Waals surface area (Å²) in [6.07, 6.45) is 9.32. The molecule has 2 saturated heterocycles. The first-order chi connectivity index (χ1) is 37.8. The van der Waals surface area contributed by atoms with Crippen LogP contribution in [-0.4, -0.2) is 81.3 Å². The summed E-state index contributed by atoms with van der Waals surface area (Å²) in [5.41, 5.74) is 16.1. The van der Waals surface area contributed by atoms with Crippen molar-refractivity contribution in [3.63, 3.8) is 0 Å². The molecule has 12 nitrogen and oxygen atoms in total. The molecule has 77 heavy (non-hydrogen) atoms. The molecule has 14 heteroatoms. The fourth-order valence-electron chi connectivity index (χ4n) is 10.8. The third-order valence-electron chi connectivity index (χ3n) is 14.9. The normalized spacial score (nSPS) is 14.6. The number of halogens is 2. The molecule has 0 atom stereocenters. The molecule has 0 unspecified atom stereocenters. The van der Waals surface area contributed by atoms with Crippen molar-refractivity contribution in [1.29, 1.82) is 0 Å². The first kappa shape index (κ1) is 48.9. The summed E-state index contributed by atoms with van der Waals surface area (Å²) in [4.78, 5) is 34.1. The zero-order chi connectivity index (χ0) is 52.1. The van der Waals surface area contributed by atoms with Gasteiger partial charge in [-0.1, -0.05) is 109 Å². The van der Waals surface area contributed by atoms with Crippen molar-refractivity contribution >= 4 is 27.8 Å². The highest BCUT2D eigenvalue weighted by atomic mass is 19.1. The second-order valence-electron chi connectivity index (χ2n) is 20.0. The maximum Gasteiger partial charge on any atom is 0.205 e. The zero-order valence-corrected chi connectivity index (χ0v) is 42.2. The Kier molecular flexibility index (Phi) is 14.0. The van der Waals surface area contributed by atoms with Gasteiger partial charge in [-0.05, 0) is 128 Å². The van der Waals surface area contributed by atoms with E-state index in [2.05, 4.69) is 124 Å². The van der Waals surface area contributed by atoms with E-state index in [1.807, 2.05) is 48.7 Å². The van der Waals surface area contributed by atoms with Gasteiger partial charge < -0.3 is 9.97 Å². The van der Waals surface area contributed by atoms with E-state index in [4.69, 9.17) is 21.5 Å². The number of pyridine rings is 2. The van der Waals surface area contributed by atoms with E-state index in [-0.39, 0.29) is 11.6 Å². The summed E-state index contributed by atoms with van der Waals surface area (Å²) < 4.78 is 27.1. The number of aromatic amines is 3. The zero-order valence-electron chi connectivity index (χ0n) is 42.2. The number of hydrogen-bond donors (Lipinski definition) is 3. The van der Waals surface area contributed by atoms with Gasteiger partial charge in [-0.3, -0.25) is 19.8 Å². The third-order valence-corrected chi connectivity index (χ3v) is 14.9. The van der Waals surface area contributed by atoms with E-state index in [0.717, 1.165) is 155 Å². The van der Waals surface area contributed by atoms with Crippen molar-refractivity contribution in [3.05, 3.63) is 222 Å². The van der Waals surface area contributed by atoms with E-state index < -0.39 is 0 Å². The van der Waals surface area contributed by atoms with Crippen LogP contribution < -0.4 is 0 Å². The predicted molar refractivity (Wildman–Crippen MR) is 298 cm³/mol. The average molecular weight is 1020 g/mol. The molecule has 380 valence electrons. The molecule has 11 aromatic rings. The van der Waals surface area contributed by atoms with E-state index in [9.17, 15) is 8.78 Å². The lowest BCUT2D eigenvalue weighted by atomic mass is 9.95. The van der Waals surface area contributed by atoms with Gasteiger partial charge in [0.1, 0.15) is 29.0 Å². The number of H-pyrrole nitrogens is 3. The van der Waals surface area contributed by atoms with Gasteiger partial charge in [0.05, 0.1) is 46.2 Å². The highest BCUT2D eigenvalue weighted by molar-refractivity contribution is 5.85. The number of piperidine rings is 2. The quantitative estimate of drug-likeness (QED) is 0.109. The van der Waals surface area contributed by atoms with Crippen molar-refractivity contribution in [2.45, 2.75) is 50.6 Å². The summed E-state index contributed by atoms with van der Waals surface area (Å²) in [6, 6.07) is 51.3. The standard InChI is InChI=1S/C32H28FN7.C31H26FN5/c33-26-10-11-28-29(17-26)37-32(36-28)24-12-14-40(15-13-24)20-21-6-8-23(9-7-21)31-27(22-4-2-1-3-5-22)16-25(18-34-31)30-19-35-39-38-30;1-33-26-18-27(22-5-3-2-4-6-22)30(34-19-26)23-9-7-21(8-10-23)20-37-15-13-24(14-16-37)31-35-28-12-11-25(32)17-29(28)36-31/h1-11,16-19,24H,12-15,20H2,(H,36,37)(H,35,38,39);2-12,17-19,24H,13-16,20H2,(H,35,36). The molecular weight excluding hydrogens is 963 g/mol. The molecule has 6 aromatic carbocycles. The van der Waals surface area contributed by atoms with Crippen LogP contribution in [0.4, 0.5) is 14.5 Å². The van der Waals surface area contributed by atoms with Crippen LogP contribution in [0.25, 0.3) is 82.9 Å². The highest BCUT2D eigenvalue weighted by Crippen LogP contribution is 2.37. The minimum absolute atomic E-state index is 0.237. The fourth-order valence-corrected chi connectivity index (χ4v) is 10.8. The summed E-state index contributed by atoms with van der Waals surface area (Å²) in [7, 11) is 0. The van der Waals surface area contributed by atoms with Crippen molar-refractivity contribution in [1.82, 2.24) is 55.1 Å². The Morgan fingerprint density at radius 2 is 0.987 bits per heavy atom. The van der Waals surface area contributed by atoms with Crippen molar-refractivity contribution in [3.8, 4) is 56.0 Å². The summed E-state index contributed by atoms with van der Waals surface area (Å²) in [6.45, 7) is 13.2. The van der Waals surface area contributed by atoms with Gasteiger partial charge in [0, 0.05) is 59.6 Å². The lowest BCUT2D eigenvalue weighted by molar-refractivity contribution is 0.202. The number of nitrogens with zero attached hydrogens (tertiary/aromatic N) is 9. The smallest absolute Gasteiger partial charge is 0.205 e. The van der Waals surface area contributed by atoms with Gasteiger partial charge in [-0.15, -0.1) is 0 Å². The first-order valence-electron chi connectivity index (χ1n) is 26.1. The van der Waals surface area contributed by atoms with Crippen LogP contribution >= 0.6 is 0 Å². The molecular formula is C63H54F2N12. The number of imidazole rings is 2. The Morgan fingerprint density at radius 3 is 1.45 bits per heavy atom. The summed E-state index contributed by atoms with van der Waals surface area (Å²) in [5.74, 6) is 2.21. The fraction of sp³-hybridized carbons (Fsp3) is 0.190. The van der Waals surface area contributed by atoms with Crippen LogP contribution in [0.2, 0.25) is 0 Å². The number of likely N-dealkylation sites (tertiary alicyclic amines) is 2. The van der Waals surface area contributed by atoms with E-state index in [0.29, 0.717) is 17.5 Å². The van der Waals surface area contributed by atoms with Gasteiger partial charge in [0.2, 0.25) is 5.69 Å². The van der Waals surface area contributed by atoms with Crippen LogP contribution in [0.1, 0.15) is 60.3 Å². The van der Waals surface area contributed by atoms with Gasteiger partial charge in [-0.2, -0.15) is 15.4 Å². The topological polar surface area (TPSA) is 136 Å². The van der Waals surface area contributed by atoms with E-state index in [1.54, 1.807) is 24.5 Å². The maximum atomic E-state index is 13.6. The van der Waals surface area contributed by atoms with Gasteiger partial charge in [0.15, 0.2) is 0 Å². The summed E-state index contributed by atoms with van der Waals surface area (Å²) >= 11 is 0. The van der Waals surface area contributed by atoms with Gasteiger partial charge >= 0.3 is 0 Å². The molecule has 0 bridgehead atoms. The second kappa shape index (κ2) is 22.0. The SMILES string of the molecule is Fc1ccc2nc(C3CCN(Cc4ccc(-c5ncc(-c6cn[nH]n6)cc5-c5ccccc5)cc4)CC3)[nH]c2c1.[C-]#[N+]c1cnc(-c2ccc(CN3CCC(c4nc5ccc(F)cc5[nH]4)CC3)cc2)c(-c2ccccc2)c1. The van der Waals surface area contributed by atoms with Crippen molar-refractivity contribution in [2.24, 2.45) is 0 Å². The van der Waals surface area contributed by atoms with Crippen molar-refractivity contribution < 1.29 is 8.78 Å². The van der Waals surface area contributed by atoms with Crippen LogP contribution in [0.15, 0.2) is 176 Å². The van der Waals surface area contributed by atoms with Gasteiger partial charge in [-0.25, -0.2) is 23.6 Å². The van der Waals surface area contributed by atoms with Crippen LogP contribution in [0.3, 0.4) is 0 Å². The van der Waals surface area contributed by atoms with Crippen LogP contribution in [0, 0.1) is 18.2 Å².